The van der Waals surface area contributed by atoms with E-state index in [1.807, 2.05) is 13.8 Å². The number of sulfonamides is 1. The summed E-state index contributed by atoms with van der Waals surface area (Å²) in [6, 6.07) is 6.41. The molecule has 10 heteroatoms. The van der Waals surface area contributed by atoms with Gasteiger partial charge in [0.1, 0.15) is 5.75 Å². The van der Waals surface area contributed by atoms with Gasteiger partial charge in [-0.15, -0.1) is 0 Å². The van der Waals surface area contributed by atoms with Gasteiger partial charge in [0.15, 0.2) is 6.54 Å². The number of rotatable bonds is 10. The minimum atomic E-state index is -3.57. The van der Waals surface area contributed by atoms with Crippen molar-refractivity contribution in [1.29, 1.82) is 0 Å². The minimum absolute atomic E-state index is 0.0373. The fourth-order valence-electron chi connectivity index (χ4n) is 3.04. The Morgan fingerprint density at radius 1 is 1.07 bits per heavy atom. The van der Waals surface area contributed by atoms with Gasteiger partial charge in [0.2, 0.25) is 15.9 Å². The molecule has 0 atom stereocenters. The average Bonchev–Trinajstić information content (AvgIpc) is 2.72. The van der Waals surface area contributed by atoms with Crippen molar-refractivity contribution in [3.05, 3.63) is 24.3 Å². The van der Waals surface area contributed by atoms with Crippen molar-refractivity contribution in [2.75, 3.05) is 52.4 Å². The number of quaternary nitrogens is 1. The molecule has 2 amide bonds. The maximum Gasteiger partial charge on any atom is 0.275 e. The van der Waals surface area contributed by atoms with Gasteiger partial charge >= 0.3 is 0 Å². The van der Waals surface area contributed by atoms with Crippen LogP contribution in [0.4, 0.5) is 0 Å². The molecule has 1 heterocycles. The summed E-state index contributed by atoms with van der Waals surface area (Å²) in [6.45, 7) is 6.87. The first-order chi connectivity index (χ1) is 13.9. The largest absolute Gasteiger partial charge is 0.494 e. The van der Waals surface area contributed by atoms with E-state index in [1.54, 1.807) is 24.3 Å². The summed E-state index contributed by atoms with van der Waals surface area (Å²) < 4.78 is 32.4. The molecule has 1 aromatic rings. The van der Waals surface area contributed by atoms with Crippen molar-refractivity contribution < 1.29 is 27.6 Å². The molecule has 1 aliphatic rings. The van der Waals surface area contributed by atoms with E-state index in [9.17, 15) is 18.0 Å². The molecule has 0 bridgehead atoms. The van der Waals surface area contributed by atoms with Crippen LogP contribution in [0.2, 0.25) is 0 Å². The summed E-state index contributed by atoms with van der Waals surface area (Å²) in [4.78, 5) is 24.8. The third-order valence-electron chi connectivity index (χ3n) is 4.63. The van der Waals surface area contributed by atoms with Crippen molar-refractivity contribution in [3.63, 3.8) is 0 Å². The lowest BCUT2D eigenvalue weighted by molar-refractivity contribution is -0.895. The first kappa shape index (κ1) is 23.1. The highest BCUT2D eigenvalue weighted by Gasteiger charge is 2.31. The standard InChI is InChI=1S/C19H30N4O5S/c1-3-9-20-18(24)14-21-19(25)15-22-10-12-23(13-11-22)29(26,27)17-7-5-16(6-8-17)28-4-2/h5-8H,3-4,9-15H2,1-2H3,(H,20,24)(H,21,25)/p+1. The molecule has 0 saturated carbocycles. The Morgan fingerprint density at radius 3 is 2.31 bits per heavy atom. The lowest BCUT2D eigenvalue weighted by Crippen LogP contribution is -3.15. The van der Waals surface area contributed by atoms with E-state index >= 15 is 0 Å². The second-order valence-electron chi connectivity index (χ2n) is 6.86. The minimum Gasteiger partial charge on any atom is -0.494 e. The van der Waals surface area contributed by atoms with Crippen molar-refractivity contribution in [1.82, 2.24) is 14.9 Å². The average molecular weight is 428 g/mol. The number of piperazine rings is 1. The van der Waals surface area contributed by atoms with E-state index < -0.39 is 10.0 Å². The van der Waals surface area contributed by atoms with E-state index in [4.69, 9.17) is 4.74 Å². The number of benzene rings is 1. The summed E-state index contributed by atoms with van der Waals surface area (Å²) in [5.41, 5.74) is 0. The summed E-state index contributed by atoms with van der Waals surface area (Å²) >= 11 is 0. The molecule has 1 aliphatic heterocycles. The molecule has 0 aromatic heterocycles. The summed E-state index contributed by atoms with van der Waals surface area (Å²) in [6.07, 6.45) is 0.841. The number of hydrogen-bond acceptors (Lipinski definition) is 5. The number of carbonyl (C=O) groups is 2. The van der Waals surface area contributed by atoms with Gasteiger partial charge in [0.05, 0.1) is 44.2 Å². The normalized spacial score (nSPS) is 15.7. The number of nitrogens with one attached hydrogen (secondary N) is 3. The van der Waals surface area contributed by atoms with Crippen LogP contribution in [0.3, 0.4) is 0 Å². The fourth-order valence-corrected chi connectivity index (χ4v) is 4.48. The Morgan fingerprint density at radius 2 is 1.72 bits per heavy atom. The number of ether oxygens (including phenoxy) is 1. The highest BCUT2D eigenvalue weighted by molar-refractivity contribution is 7.89. The van der Waals surface area contributed by atoms with Crippen LogP contribution in [0.25, 0.3) is 0 Å². The van der Waals surface area contributed by atoms with Gasteiger partial charge in [-0.3, -0.25) is 9.59 Å². The molecular weight excluding hydrogens is 396 g/mol. The van der Waals surface area contributed by atoms with Crippen LogP contribution in [-0.2, 0) is 19.6 Å². The second kappa shape index (κ2) is 11.1. The first-order valence-corrected chi connectivity index (χ1v) is 11.4. The van der Waals surface area contributed by atoms with Crippen molar-refractivity contribution in [2.24, 2.45) is 0 Å². The van der Waals surface area contributed by atoms with Crippen molar-refractivity contribution in [2.45, 2.75) is 25.2 Å². The molecule has 29 heavy (non-hydrogen) atoms. The topological polar surface area (TPSA) is 109 Å². The molecule has 162 valence electrons. The maximum atomic E-state index is 12.8. The molecule has 9 nitrogen and oxygen atoms in total. The van der Waals surface area contributed by atoms with Crippen LogP contribution in [-0.4, -0.2) is 77.0 Å². The molecule has 2 rings (SSSR count). The third kappa shape index (κ3) is 6.98. The van der Waals surface area contributed by atoms with Gasteiger partial charge in [-0.2, -0.15) is 4.31 Å². The van der Waals surface area contributed by atoms with Gasteiger partial charge < -0.3 is 20.3 Å². The Hall–Kier alpha value is -2.17. The zero-order valence-electron chi connectivity index (χ0n) is 17.1. The fraction of sp³-hybridized carbons (Fsp3) is 0.579. The summed E-state index contributed by atoms with van der Waals surface area (Å²) in [5, 5.41) is 5.30. The molecular formula is C19H31N4O5S+. The quantitative estimate of drug-likeness (QED) is 0.426. The Balaban J connectivity index is 1.80. The molecule has 1 saturated heterocycles. The molecule has 3 N–H and O–H groups in total. The van der Waals surface area contributed by atoms with Gasteiger partial charge in [-0.1, -0.05) is 6.92 Å². The third-order valence-corrected chi connectivity index (χ3v) is 6.54. The zero-order valence-corrected chi connectivity index (χ0v) is 17.9. The van der Waals surface area contributed by atoms with Gasteiger partial charge in [-0.25, -0.2) is 8.42 Å². The van der Waals surface area contributed by atoms with Gasteiger partial charge in [0.25, 0.3) is 5.91 Å². The smallest absolute Gasteiger partial charge is 0.275 e. The molecule has 1 fully saturated rings. The lowest BCUT2D eigenvalue weighted by atomic mass is 10.3. The van der Waals surface area contributed by atoms with E-state index in [2.05, 4.69) is 10.6 Å². The van der Waals surface area contributed by atoms with Crippen LogP contribution in [0.15, 0.2) is 29.2 Å². The Kier molecular flexibility index (Phi) is 8.87. The number of carbonyl (C=O) groups excluding carboxylic acids is 2. The van der Waals surface area contributed by atoms with Crippen LogP contribution < -0.4 is 20.3 Å². The highest BCUT2D eigenvalue weighted by atomic mass is 32.2. The van der Waals surface area contributed by atoms with Crippen LogP contribution >= 0.6 is 0 Å². The highest BCUT2D eigenvalue weighted by Crippen LogP contribution is 2.19. The summed E-state index contributed by atoms with van der Waals surface area (Å²) in [5.74, 6) is 0.214. The number of hydrogen-bond donors (Lipinski definition) is 3. The monoisotopic (exact) mass is 427 g/mol. The van der Waals surface area contributed by atoms with Crippen molar-refractivity contribution >= 4 is 21.8 Å². The SMILES string of the molecule is CCCNC(=O)CNC(=O)C[NH+]1CCN(S(=O)(=O)c2ccc(OCC)cc2)CC1. The van der Waals surface area contributed by atoms with Crippen molar-refractivity contribution in [3.8, 4) is 5.75 Å². The van der Waals surface area contributed by atoms with Crippen LogP contribution in [0.1, 0.15) is 20.3 Å². The Bertz CT molecular complexity index is 774. The Labute approximate surface area is 172 Å². The zero-order chi connectivity index (χ0) is 21.3. The predicted molar refractivity (Wildman–Crippen MR) is 108 cm³/mol. The first-order valence-electron chi connectivity index (χ1n) is 9.96. The van der Waals surface area contributed by atoms with E-state index in [1.165, 1.54) is 4.31 Å². The molecule has 0 radical (unpaired) electrons. The van der Waals surface area contributed by atoms with Gasteiger partial charge in [-0.05, 0) is 37.6 Å². The maximum absolute atomic E-state index is 12.8. The molecule has 0 aliphatic carbocycles. The van der Waals surface area contributed by atoms with Gasteiger partial charge in [0, 0.05) is 6.54 Å². The molecule has 0 unspecified atom stereocenters. The van der Waals surface area contributed by atoms with E-state index in [-0.39, 0.29) is 29.8 Å². The van der Waals surface area contributed by atoms with Crippen LogP contribution in [0.5, 0.6) is 5.75 Å². The molecule has 1 aromatic carbocycles. The lowest BCUT2D eigenvalue weighted by Gasteiger charge is -2.31. The van der Waals surface area contributed by atoms with Crippen LogP contribution in [0, 0.1) is 0 Å². The van der Waals surface area contributed by atoms with E-state index in [0.29, 0.717) is 45.1 Å². The van der Waals surface area contributed by atoms with E-state index in [0.717, 1.165) is 11.3 Å². The number of amides is 2. The summed E-state index contributed by atoms with van der Waals surface area (Å²) in [7, 11) is -3.57. The second-order valence-corrected chi connectivity index (χ2v) is 8.80. The number of nitrogens with zero attached hydrogens (tertiary/aromatic N) is 1. The molecule has 0 spiro atoms. The predicted octanol–water partition coefficient (Wildman–Crippen LogP) is -1.38.